The molecule has 184 valence electrons. The highest BCUT2D eigenvalue weighted by Crippen LogP contribution is 2.11. The smallest absolute Gasteiger partial charge is 0.418 e. The SMILES string of the molecule is CCCCCCCCCCCC[I+]CCCCCCCCCCCC.F[B-](F)(F)F. The van der Waals surface area contributed by atoms with E-state index in [1.165, 1.54) is 116 Å². The summed E-state index contributed by atoms with van der Waals surface area (Å²) in [5.41, 5.74) is 0. The molecule has 0 rings (SSSR count). The van der Waals surface area contributed by atoms with Crippen LogP contribution in [0.3, 0.4) is 0 Å². The summed E-state index contributed by atoms with van der Waals surface area (Å²) in [5, 5.41) is 0. The van der Waals surface area contributed by atoms with Crippen molar-refractivity contribution in [3.8, 4) is 0 Å². The van der Waals surface area contributed by atoms with Gasteiger partial charge in [0.1, 0.15) is 8.86 Å². The molecule has 0 aliphatic carbocycles. The third-order valence-corrected chi connectivity index (χ3v) is 8.29. The zero-order valence-corrected chi connectivity index (χ0v) is 22.2. The minimum absolute atomic E-state index is 0.552. The lowest BCUT2D eigenvalue weighted by molar-refractivity contribution is -0.655. The van der Waals surface area contributed by atoms with Crippen LogP contribution < -0.4 is 21.2 Å². The lowest BCUT2D eigenvalue weighted by Gasteiger charge is -2.00. The molecule has 0 nitrogen and oxygen atoms in total. The van der Waals surface area contributed by atoms with Gasteiger partial charge in [-0.15, -0.1) is 0 Å². The highest BCUT2D eigenvalue weighted by molar-refractivity contribution is 6.50. The van der Waals surface area contributed by atoms with Gasteiger partial charge >= 0.3 is 7.25 Å². The summed E-state index contributed by atoms with van der Waals surface area (Å²) in [6.45, 7) is 4.61. The number of hydrogen-bond acceptors (Lipinski definition) is 0. The number of rotatable bonds is 22. The van der Waals surface area contributed by atoms with Gasteiger partial charge in [0.2, 0.25) is 0 Å². The van der Waals surface area contributed by atoms with Crippen LogP contribution in [0.1, 0.15) is 142 Å². The van der Waals surface area contributed by atoms with Gasteiger partial charge in [-0.2, -0.15) is 0 Å². The Morgan fingerprint density at radius 2 is 0.600 bits per heavy atom. The zero-order chi connectivity index (χ0) is 22.8. The van der Waals surface area contributed by atoms with Crippen molar-refractivity contribution in [3.63, 3.8) is 0 Å². The molecule has 0 heterocycles. The Morgan fingerprint density at radius 1 is 0.400 bits per heavy atom. The third-order valence-electron chi connectivity index (χ3n) is 5.24. The average molecular weight is 552 g/mol. The molecule has 6 heteroatoms. The van der Waals surface area contributed by atoms with Crippen LogP contribution in [0.5, 0.6) is 0 Å². The van der Waals surface area contributed by atoms with Crippen molar-refractivity contribution in [1.29, 1.82) is 0 Å². The molecular formula is C24H50BF4I. The monoisotopic (exact) mass is 552 g/mol. The first-order chi connectivity index (χ1) is 14.4. The number of halogens is 5. The fourth-order valence-electron chi connectivity index (χ4n) is 3.45. The summed E-state index contributed by atoms with van der Waals surface area (Å²) in [6, 6.07) is 0. The van der Waals surface area contributed by atoms with Crippen LogP contribution in [-0.4, -0.2) is 16.1 Å². The second kappa shape index (κ2) is 27.5. The van der Waals surface area contributed by atoms with E-state index in [2.05, 4.69) is 13.8 Å². The normalized spacial score (nSPS) is 11.4. The molecule has 0 aromatic rings. The van der Waals surface area contributed by atoms with Crippen molar-refractivity contribution < 1.29 is 38.5 Å². The predicted octanol–water partition coefficient (Wildman–Crippen LogP) is 7.22. The fourth-order valence-corrected chi connectivity index (χ4v) is 6.14. The Morgan fingerprint density at radius 3 is 0.833 bits per heavy atom. The minimum Gasteiger partial charge on any atom is -0.418 e. The molecule has 0 amide bonds. The van der Waals surface area contributed by atoms with Gasteiger partial charge in [0.05, 0.1) is 0 Å². The Kier molecular flexibility index (Phi) is 30.0. The van der Waals surface area contributed by atoms with Crippen LogP contribution in [0, 0.1) is 0 Å². The molecule has 0 unspecified atom stereocenters. The van der Waals surface area contributed by atoms with Crippen LogP contribution in [0.15, 0.2) is 0 Å². The molecule has 0 fully saturated rings. The quantitative estimate of drug-likeness (QED) is 0.0438. The topological polar surface area (TPSA) is 0 Å². The van der Waals surface area contributed by atoms with Crippen LogP contribution >= 0.6 is 0 Å². The lowest BCUT2D eigenvalue weighted by Crippen LogP contribution is -3.63. The Balaban J connectivity index is 0. The standard InChI is InChI=1S/C24H50I.BF4/c1-3-5-7-9-11-13-15-17-19-21-23-25-24-22-20-18-16-14-12-10-8-6-4-2;2-1(3,4)5/h3-24H2,1-2H3;/q+1;-1. The molecule has 0 aliphatic heterocycles. The van der Waals surface area contributed by atoms with E-state index in [9.17, 15) is 17.3 Å². The van der Waals surface area contributed by atoms with Crippen molar-refractivity contribution in [2.24, 2.45) is 0 Å². The average Bonchev–Trinajstić information content (AvgIpc) is 2.68. The first-order valence-electron chi connectivity index (χ1n) is 12.8. The van der Waals surface area contributed by atoms with Crippen LogP contribution in [0.2, 0.25) is 0 Å². The molecular weight excluding hydrogens is 502 g/mol. The van der Waals surface area contributed by atoms with Crippen molar-refractivity contribution in [2.45, 2.75) is 142 Å². The van der Waals surface area contributed by atoms with E-state index < -0.39 is 7.25 Å². The van der Waals surface area contributed by atoms with Crippen LogP contribution in [0.4, 0.5) is 17.3 Å². The van der Waals surface area contributed by atoms with Crippen molar-refractivity contribution >= 4 is 7.25 Å². The van der Waals surface area contributed by atoms with E-state index in [4.69, 9.17) is 0 Å². The van der Waals surface area contributed by atoms with Gasteiger partial charge in [-0.3, -0.25) is 0 Å². The molecule has 0 N–H and O–H groups in total. The minimum atomic E-state index is -6.00. The first kappa shape index (κ1) is 32.7. The van der Waals surface area contributed by atoms with Crippen LogP contribution in [-0.2, 0) is 0 Å². The lowest BCUT2D eigenvalue weighted by atomic mass is 10.1. The maximum absolute atomic E-state index is 9.75. The van der Waals surface area contributed by atoms with E-state index in [1.54, 1.807) is 21.7 Å². The van der Waals surface area contributed by atoms with E-state index >= 15 is 0 Å². The van der Waals surface area contributed by atoms with Gasteiger partial charge < -0.3 is 17.3 Å². The van der Waals surface area contributed by atoms with Gasteiger partial charge in [0.25, 0.3) is 21.2 Å². The van der Waals surface area contributed by atoms with Gasteiger partial charge in [0.15, 0.2) is 0 Å². The Hall–Kier alpha value is 0.515. The van der Waals surface area contributed by atoms with Crippen molar-refractivity contribution in [3.05, 3.63) is 0 Å². The number of unbranched alkanes of at least 4 members (excludes halogenated alkanes) is 18. The molecule has 0 atom stereocenters. The number of hydrogen-bond donors (Lipinski definition) is 0. The van der Waals surface area contributed by atoms with Crippen molar-refractivity contribution in [1.82, 2.24) is 0 Å². The summed E-state index contributed by atoms with van der Waals surface area (Å²) in [7, 11) is -6.00. The van der Waals surface area contributed by atoms with E-state index in [-0.39, 0.29) is 0 Å². The summed E-state index contributed by atoms with van der Waals surface area (Å²) < 4.78 is 42.2. The van der Waals surface area contributed by atoms with Gasteiger partial charge in [-0.25, -0.2) is 0 Å². The molecule has 0 saturated heterocycles. The van der Waals surface area contributed by atoms with E-state index in [0.29, 0.717) is 21.2 Å². The molecule has 0 aromatic carbocycles. The molecule has 0 radical (unpaired) electrons. The maximum atomic E-state index is 9.75. The maximum Gasteiger partial charge on any atom is 0.673 e. The molecule has 30 heavy (non-hydrogen) atoms. The van der Waals surface area contributed by atoms with E-state index in [1.807, 2.05) is 0 Å². The second-order valence-electron chi connectivity index (χ2n) is 8.43. The third kappa shape index (κ3) is 42.6. The fraction of sp³-hybridized carbons (Fsp3) is 1.00. The Bertz CT molecular complexity index is 273. The Labute approximate surface area is 196 Å². The van der Waals surface area contributed by atoms with E-state index in [0.717, 1.165) is 0 Å². The second-order valence-corrected chi connectivity index (χ2v) is 11.7. The molecule has 0 saturated carbocycles. The highest BCUT2D eigenvalue weighted by Gasteiger charge is 2.20. The summed E-state index contributed by atoms with van der Waals surface area (Å²) in [5.74, 6) is 0. The predicted molar refractivity (Wildman–Crippen MR) is 124 cm³/mol. The first-order valence-corrected chi connectivity index (χ1v) is 15.9. The summed E-state index contributed by atoms with van der Waals surface area (Å²) >= 11 is 0.552. The van der Waals surface area contributed by atoms with Crippen molar-refractivity contribution in [2.75, 3.05) is 8.86 Å². The highest BCUT2D eigenvalue weighted by atomic mass is 127. The molecule has 0 spiro atoms. The zero-order valence-electron chi connectivity index (χ0n) is 20.0. The summed E-state index contributed by atoms with van der Waals surface area (Å²) in [4.78, 5) is 0. The number of alkyl halides is 2. The molecule has 0 bridgehead atoms. The molecule has 0 aromatic heterocycles. The largest absolute Gasteiger partial charge is 0.673 e. The van der Waals surface area contributed by atoms with Crippen LogP contribution in [0.25, 0.3) is 0 Å². The summed E-state index contributed by atoms with van der Waals surface area (Å²) in [6.07, 6.45) is 29.7. The van der Waals surface area contributed by atoms with Gasteiger partial charge in [-0.1, -0.05) is 117 Å². The van der Waals surface area contributed by atoms with Gasteiger partial charge in [0, 0.05) is 0 Å². The van der Waals surface area contributed by atoms with Gasteiger partial charge in [-0.05, 0) is 25.7 Å². The molecule has 0 aliphatic rings.